The predicted molar refractivity (Wildman–Crippen MR) is 113 cm³/mol. The Morgan fingerprint density at radius 3 is 2.79 bits per heavy atom. The molecule has 1 aliphatic carbocycles. The summed E-state index contributed by atoms with van der Waals surface area (Å²) in [6.07, 6.45) is 5.04. The van der Waals surface area contributed by atoms with Crippen molar-refractivity contribution >= 4 is 28.7 Å². The van der Waals surface area contributed by atoms with Crippen LogP contribution in [-0.4, -0.2) is 43.1 Å². The Labute approximate surface area is 173 Å². The number of aryl methyl sites for hydroxylation is 1. The fourth-order valence-corrected chi connectivity index (χ4v) is 5.73. The molecule has 0 radical (unpaired) electrons. The largest absolute Gasteiger partial charge is 0.496 e. The molecule has 8 nitrogen and oxygen atoms in total. The smallest absolute Gasteiger partial charge is 0.223 e. The minimum absolute atomic E-state index is 0.0498. The second-order valence-corrected chi connectivity index (χ2v) is 9.19. The van der Waals surface area contributed by atoms with E-state index >= 15 is 0 Å². The maximum absolute atomic E-state index is 6.57. The lowest BCUT2D eigenvalue weighted by atomic mass is 10.0. The molecule has 2 unspecified atom stereocenters. The molecule has 4 heterocycles. The standard InChI is InChI=1S/C20H25N7OS/c1-9-7-23-14(10(2)16(9)28-3)8-27-18-15-13(26-27)6-12(21)17(11-4-5-11)29-19(15)25-20(22)24-18/h7,11-12,17H,4-6,8,21H2,1-3H3,(H2,22,24,25). The average Bonchev–Trinajstić information content (AvgIpc) is 3.47. The van der Waals surface area contributed by atoms with Crippen LogP contribution >= 0.6 is 11.8 Å². The summed E-state index contributed by atoms with van der Waals surface area (Å²) in [7, 11) is 1.68. The minimum atomic E-state index is 0.0498. The second-order valence-electron chi connectivity index (χ2n) is 8.02. The van der Waals surface area contributed by atoms with Gasteiger partial charge in [0, 0.05) is 35.0 Å². The normalized spacial score (nSPS) is 21.4. The molecule has 1 aliphatic heterocycles. The van der Waals surface area contributed by atoms with Gasteiger partial charge in [-0.25, -0.2) is 9.67 Å². The first-order chi connectivity index (χ1) is 14.0. The number of pyridine rings is 1. The van der Waals surface area contributed by atoms with Crippen LogP contribution in [0.4, 0.5) is 5.95 Å². The van der Waals surface area contributed by atoms with Crippen LogP contribution in [0.5, 0.6) is 5.75 Å². The van der Waals surface area contributed by atoms with Crippen LogP contribution in [-0.2, 0) is 13.0 Å². The quantitative estimate of drug-likeness (QED) is 0.628. The van der Waals surface area contributed by atoms with Gasteiger partial charge in [0.15, 0.2) is 5.65 Å². The molecule has 1 saturated carbocycles. The lowest BCUT2D eigenvalue weighted by Crippen LogP contribution is -2.35. The van der Waals surface area contributed by atoms with Crippen molar-refractivity contribution in [2.75, 3.05) is 12.8 Å². The third-order valence-electron chi connectivity index (χ3n) is 5.88. The molecule has 5 rings (SSSR count). The van der Waals surface area contributed by atoms with Crippen LogP contribution in [0.1, 0.15) is 35.4 Å². The van der Waals surface area contributed by atoms with E-state index in [1.807, 2.05) is 24.7 Å². The van der Waals surface area contributed by atoms with Crippen molar-refractivity contribution < 1.29 is 4.74 Å². The number of nitrogens with zero attached hydrogens (tertiary/aromatic N) is 5. The van der Waals surface area contributed by atoms with Crippen LogP contribution in [0.15, 0.2) is 11.2 Å². The Kier molecular flexibility index (Phi) is 4.40. The zero-order chi connectivity index (χ0) is 20.3. The molecular weight excluding hydrogens is 386 g/mol. The highest BCUT2D eigenvalue weighted by atomic mass is 32.2. The van der Waals surface area contributed by atoms with Gasteiger partial charge in [-0.3, -0.25) is 4.98 Å². The van der Waals surface area contributed by atoms with Crippen LogP contribution in [0.3, 0.4) is 0 Å². The Morgan fingerprint density at radius 1 is 1.28 bits per heavy atom. The molecule has 152 valence electrons. The number of rotatable bonds is 4. The summed E-state index contributed by atoms with van der Waals surface area (Å²) < 4.78 is 7.43. The summed E-state index contributed by atoms with van der Waals surface area (Å²) in [5.41, 5.74) is 17.3. The van der Waals surface area contributed by atoms with E-state index in [-0.39, 0.29) is 12.0 Å². The molecule has 0 aromatic carbocycles. The van der Waals surface area contributed by atoms with Gasteiger partial charge in [0.25, 0.3) is 0 Å². The molecule has 0 saturated heterocycles. The van der Waals surface area contributed by atoms with Gasteiger partial charge in [-0.05, 0) is 32.6 Å². The van der Waals surface area contributed by atoms with Gasteiger partial charge in [-0.15, -0.1) is 11.8 Å². The van der Waals surface area contributed by atoms with E-state index in [2.05, 4.69) is 15.0 Å². The molecule has 29 heavy (non-hydrogen) atoms. The van der Waals surface area contributed by atoms with Gasteiger partial charge in [-0.2, -0.15) is 10.1 Å². The molecule has 0 bridgehead atoms. The summed E-state index contributed by atoms with van der Waals surface area (Å²) in [4.78, 5) is 13.7. The molecule has 0 amide bonds. The van der Waals surface area contributed by atoms with Gasteiger partial charge < -0.3 is 16.2 Å². The van der Waals surface area contributed by atoms with Crippen LogP contribution in [0.25, 0.3) is 11.0 Å². The van der Waals surface area contributed by atoms with E-state index in [9.17, 15) is 0 Å². The number of nitrogen functional groups attached to an aromatic ring is 1. The molecule has 0 spiro atoms. The van der Waals surface area contributed by atoms with Gasteiger partial charge in [0.05, 0.1) is 30.4 Å². The fraction of sp³-hybridized carbons (Fsp3) is 0.500. The van der Waals surface area contributed by atoms with E-state index < -0.39 is 0 Å². The van der Waals surface area contributed by atoms with Crippen LogP contribution < -0.4 is 16.2 Å². The van der Waals surface area contributed by atoms with E-state index in [0.717, 1.165) is 50.7 Å². The van der Waals surface area contributed by atoms with Crippen LogP contribution in [0, 0.1) is 19.8 Å². The second kappa shape index (κ2) is 6.84. The highest BCUT2D eigenvalue weighted by molar-refractivity contribution is 8.00. The number of aromatic nitrogens is 5. The van der Waals surface area contributed by atoms with E-state index in [1.54, 1.807) is 18.9 Å². The Hall–Kier alpha value is -2.39. The number of methoxy groups -OCH3 is 1. The number of ether oxygens (including phenoxy) is 1. The van der Waals surface area contributed by atoms with E-state index in [1.165, 1.54) is 12.8 Å². The van der Waals surface area contributed by atoms with Crippen molar-refractivity contribution in [2.24, 2.45) is 11.7 Å². The highest BCUT2D eigenvalue weighted by Gasteiger charge is 2.39. The molecule has 1 fully saturated rings. The predicted octanol–water partition coefficient (Wildman–Crippen LogP) is 2.23. The first kappa shape index (κ1) is 18.6. The van der Waals surface area contributed by atoms with Crippen molar-refractivity contribution in [3.05, 3.63) is 28.7 Å². The van der Waals surface area contributed by atoms with E-state index in [4.69, 9.17) is 21.3 Å². The van der Waals surface area contributed by atoms with Gasteiger partial charge >= 0.3 is 0 Å². The highest BCUT2D eigenvalue weighted by Crippen LogP contribution is 2.46. The topological polar surface area (TPSA) is 118 Å². The minimum Gasteiger partial charge on any atom is -0.496 e. The van der Waals surface area contributed by atoms with Crippen LogP contribution in [0.2, 0.25) is 0 Å². The molecule has 3 aromatic rings. The Bertz CT molecular complexity index is 1110. The number of hydrogen-bond acceptors (Lipinski definition) is 8. The number of nitrogens with two attached hydrogens (primary N) is 2. The summed E-state index contributed by atoms with van der Waals surface area (Å²) in [6.45, 7) is 4.50. The monoisotopic (exact) mass is 411 g/mol. The summed E-state index contributed by atoms with van der Waals surface area (Å²) in [5.74, 6) is 1.79. The van der Waals surface area contributed by atoms with Crippen molar-refractivity contribution in [1.29, 1.82) is 0 Å². The Balaban J connectivity index is 1.61. The van der Waals surface area contributed by atoms with Crippen molar-refractivity contribution in [1.82, 2.24) is 24.7 Å². The van der Waals surface area contributed by atoms with Crippen molar-refractivity contribution in [3.8, 4) is 5.75 Å². The van der Waals surface area contributed by atoms with Gasteiger partial charge in [0.1, 0.15) is 10.8 Å². The number of anilines is 1. The molecule has 4 N–H and O–H groups in total. The maximum Gasteiger partial charge on any atom is 0.223 e. The third kappa shape index (κ3) is 3.12. The summed E-state index contributed by atoms with van der Waals surface area (Å²) in [5, 5.41) is 7.14. The lowest BCUT2D eigenvalue weighted by Gasteiger charge is -2.20. The Morgan fingerprint density at radius 2 is 2.07 bits per heavy atom. The zero-order valence-electron chi connectivity index (χ0n) is 16.8. The maximum atomic E-state index is 6.57. The number of hydrogen-bond donors (Lipinski definition) is 2. The van der Waals surface area contributed by atoms with Crippen molar-refractivity contribution in [2.45, 2.75) is 56.0 Å². The molecular formula is C20H25N7OS. The van der Waals surface area contributed by atoms with E-state index in [0.29, 0.717) is 17.7 Å². The number of thioether (sulfide) groups is 1. The average molecular weight is 412 g/mol. The summed E-state index contributed by atoms with van der Waals surface area (Å²) in [6, 6.07) is 0.0498. The van der Waals surface area contributed by atoms with Gasteiger partial charge in [-0.1, -0.05) is 0 Å². The zero-order valence-corrected chi connectivity index (χ0v) is 17.7. The summed E-state index contributed by atoms with van der Waals surface area (Å²) >= 11 is 1.75. The molecule has 2 aliphatic rings. The first-order valence-electron chi connectivity index (χ1n) is 9.90. The fourth-order valence-electron chi connectivity index (χ4n) is 4.26. The van der Waals surface area contributed by atoms with Crippen molar-refractivity contribution in [3.63, 3.8) is 0 Å². The first-order valence-corrected chi connectivity index (χ1v) is 10.8. The molecule has 2 atom stereocenters. The lowest BCUT2D eigenvalue weighted by molar-refractivity contribution is 0.406. The molecule has 3 aromatic heterocycles. The molecule has 9 heteroatoms. The third-order valence-corrected chi connectivity index (χ3v) is 7.41. The SMILES string of the molecule is COc1c(C)cnc(Cn2nc3c4c(nc(N)nc42)SC(C2CC2)C(N)C3)c1C. The van der Waals surface area contributed by atoms with Gasteiger partial charge in [0.2, 0.25) is 5.95 Å².